The molecule has 2 aliphatic rings. The van der Waals surface area contributed by atoms with Crippen LogP contribution in [0.5, 0.6) is 11.8 Å². The number of hydrogen-bond donors (Lipinski definition) is 2. The zero-order valence-electron chi connectivity index (χ0n) is 16.4. The van der Waals surface area contributed by atoms with Gasteiger partial charge in [0.05, 0.1) is 0 Å². The molecular weight excluding hydrogens is 374 g/mol. The summed E-state index contributed by atoms with van der Waals surface area (Å²) in [5, 5.41) is 21.7. The van der Waals surface area contributed by atoms with E-state index >= 15 is 0 Å². The topological polar surface area (TPSA) is 51.9 Å². The van der Waals surface area contributed by atoms with Crippen molar-refractivity contribution in [2.24, 2.45) is 0 Å². The van der Waals surface area contributed by atoms with Crippen LogP contribution in [-0.2, 0) is 19.4 Å². The molecule has 5 nitrogen and oxygen atoms in total. The molecule has 1 aliphatic carbocycles. The molecule has 0 unspecified atom stereocenters. The number of hydrogen-bond acceptors (Lipinski definition) is 4. The minimum Gasteiger partial charge on any atom is -0.494 e. The number of aryl methyl sites for hydroxylation is 1. The van der Waals surface area contributed by atoms with Gasteiger partial charge < -0.3 is 15.1 Å². The molecule has 4 rings (SSSR count). The lowest BCUT2D eigenvalue weighted by molar-refractivity contribution is 0.246. The highest BCUT2D eigenvalue weighted by atomic mass is 35.5. The van der Waals surface area contributed by atoms with Gasteiger partial charge >= 0.3 is 0 Å². The largest absolute Gasteiger partial charge is 0.494 e. The first-order valence-corrected chi connectivity index (χ1v) is 10.4. The molecule has 0 radical (unpaired) electrons. The lowest BCUT2D eigenvalue weighted by Gasteiger charge is -2.37. The maximum absolute atomic E-state index is 10.4. The van der Waals surface area contributed by atoms with E-state index in [1.165, 1.54) is 11.3 Å². The molecule has 1 fully saturated rings. The molecule has 2 N–H and O–H groups in total. The molecule has 0 saturated carbocycles. The third-order valence-corrected chi connectivity index (χ3v) is 6.20. The number of halogens is 1. The van der Waals surface area contributed by atoms with Crippen molar-refractivity contribution in [1.82, 2.24) is 9.47 Å². The van der Waals surface area contributed by atoms with Crippen LogP contribution in [0.15, 0.2) is 30.4 Å². The fraction of sp³-hybridized carbons (Fsp3) is 0.455. The van der Waals surface area contributed by atoms with Gasteiger partial charge in [-0.15, -0.1) is 0 Å². The van der Waals surface area contributed by atoms with E-state index in [-0.39, 0.29) is 11.8 Å². The SMILES string of the molecule is Cc1ccc(Cl)cc1N1CCN(CCCn2c(O)c3c(c2O)CC=CC3)CC1. The van der Waals surface area contributed by atoms with Gasteiger partial charge in [0.15, 0.2) is 11.8 Å². The van der Waals surface area contributed by atoms with E-state index in [0.29, 0.717) is 19.4 Å². The van der Waals surface area contributed by atoms with Crippen LogP contribution < -0.4 is 4.90 Å². The summed E-state index contributed by atoms with van der Waals surface area (Å²) >= 11 is 6.17. The summed E-state index contributed by atoms with van der Waals surface area (Å²) in [5.41, 5.74) is 4.25. The molecule has 1 aliphatic heterocycles. The maximum Gasteiger partial charge on any atom is 0.197 e. The van der Waals surface area contributed by atoms with Crippen molar-refractivity contribution in [3.63, 3.8) is 0 Å². The summed E-state index contributed by atoms with van der Waals surface area (Å²) in [7, 11) is 0. The van der Waals surface area contributed by atoms with E-state index in [2.05, 4.69) is 28.9 Å². The van der Waals surface area contributed by atoms with Crippen LogP contribution in [0.3, 0.4) is 0 Å². The van der Waals surface area contributed by atoms with Crippen LogP contribution in [0.25, 0.3) is 0 Å². The van der Waals surface area contributed by atoms with Crippen LogP contribution in [0.1, 0.15) is 23.1 Å². The summed E-state index contributed by atoms with van der Waals surface area (Å²) in [4.78, 5) is 4.86. The molecule has 2 aromatic rings. The van der Waals surface area contributed by atoms with Crippen molar-refractivity contribution < 1.29 is 10.2 Å². The van der Waals surface area contributed by atoms with Gasteiger partial charge in [-0.1, -0.05) is 29.8 Å². The number of rotatable bonds is 5. The molecule has 1 saturated heterocycles. The molecule has 28 heavy (non-hydrogen) atoms. The third kappa shape index (κ3) is 3.74. The molecule has 2 heterocycles. The first kappa shape index (κ1) is 19.2. The highest BCUT2D eigenvalue weighted by Crippen LogP contribution is 2.36. The van der Waals surface area contributed by atoms with E-state index in [1.54, 1.807) is 4.57 Å². The Hall–Kier alpha value is -2.11. The third-order valence-electron chi connectivity index (χ3n) is 5.97. The van der Waals surface area contributed by atoms with Crippen LogP contribution in [0.4, 0.5) is 5.69 Å². The van der Waals surface area contributed by atoms with Gasteiger partial charge in [0.1, 0.15) is 0 Å². The summed E-state index contributed by atoms with van der Waals surface area (Å²) in [6, 6.07) is 6.08. The number of anilines is 1. The molecule has 1 aromatic heterocycles. The number of aromatic hydroxyl groups is 2. The lowest BCUT2D eigenvalue weighted by Crippen LogP contribution is -2.47. The van der Waals surface area contributed by atoms with Gasteiger partial charge in [-0.25, -0.2) is 0 Å². The molecule has 150 valence electrons. The van der Waals surface area contributed by atoms with Crippen LogP contribution >= 0.6 is 11.6 Å². The summed E-state index contributed by atoms with van der Waals surface area (Å²) in [6.45, 7) is 7.72. The van der Waals surface area contributed by atoms with Crippen molar-refractivity contribution >= 4 is 17.3 Å². The molecule has 0 spiro atoms. The van der Waals surface area contributed by atoms with E-state index in [1.807, 2.05) is 18.2 Å². The van der Waals surface area contributed by atoms with Gasteiger partial charge in [0, 0.05) is 54.6 Å². The Kier molecular flexibility index (Phi) is 5.56. The predicted molar refractivity (Wildman–Crippen MR) is 114 cm³/mol. The monoisotopic (exact) mass is 401 g/mol. The number of allylic oxidation sites excluding steroid dienone is 2. The highest BCUT2D eigenvalue weighted by Gasteiger charge is 2.23. The van der Waals surface area contributed by atoms with Crippen LogP contribution in [0, 0.1) is 6.92 Å². The average Bonchev–Trinajstić information content (AvgIpc) is 2.95. The normalized spacial score (nSPS) is 17.1. The molecule has 6 heteroatoms. The van der Waals surface area contributed by atoms with E-state index < -0.39 is 0 Å². The van der Waals surface area contributed by atoms with E-state index in [9.17, 15) is 10.2 Å². The standard InChI is InChI=1S/C22H28ClN3O2/c1-16-7-8-17(23)15-20(16)25-13-11-24(12-14-25)9-4-10-26-21(27)18-5-2-3-6-19(18)22(26)28/h2-3,7-8,15,27-28H,4-6,9-14H2,1H3. The Morgan fingerprint density at radius 1 is 0.929 bits per heavy atom. The fourth-order valence-corrected chi connectivity index (χ4v) is 4.49. The van der Waals surface area contributed by atoms with Gasteiger partial charge in [-0.3, -0.25) is 9.47 Å². The maximum atomic E-state index is 10.4. The number of fused-ring (bicyclic) bond motifs is 1. The number of aromatic nitrogens is 1. The van der Waals surface area contributed by atoms with Crippen LogP contribution in [-0.4, -0.2) is 52.4 Å². The molecule has 0 amide bonds. The molecule has 0 atom stereocenters. The van der Waals surface area contributed by atoms with Crippen molar-refractivity contribution in [3.8, 4) is 11.8 Å². The Morgan fingerprint density at radius 2 is 1.57 bits per heavy atom. The summed E-state index contributed by atoms with van der Waals surface area (Å²) < 4.78 is 1.67. The van der Waals surface area contributed by atoms with Crippen molar-refractivity contribution in [2.75, 3.05) is 37.6 Å². The van der Waals surface area contributed by atoms with Gasteiger partial charge in [-0.2, -0.15) is 0 Å². The minimum absolute atomic E-state index is 0.234. The predicted octanol–water partition coefficient (Wildman–Crippen LogP) is 3.73. The average molecular weight is 402 g/mol. The van der Waals surface area contributed by atoms with Crippen molar-refractivity contribution in [3.05, 3.63) is 52.1 Å². The van der Waals surface area contributed by atoms with Gasteiger partial charge in [0.2, 0.25) is 0 Å². The lowest BCUT2D eigenvalue weighted by atomic mass is 10.0. The van der Waals surface area contributed by atoms with Crippen molar-refractivity contribution in [1.29, 1.82) is 0 Å². The Bertz CT molecular complexity index is 851. The second-order valence-electron chi connectivity index (χ2n) is 7.75. The summed E-state index contributed by atoms with van der Waals surface area (Å²) in [6.07, 6.45) is 6.40. The number of nitrogens with zero attached hydrogens (tertiary/aromatic N) is 3. The Labute approximate surface area is 171 Å². The highest BCUT2D eigenvalue weighted by molar-refractivity contribution is 6.30. The minimum atomic E-state index is 0.234. The Morgan fingerprint density at radius 3 is 2.21 bits per heavy atom. The molecule has 1 aromatic carbocycles. The van der Waals surface area contributed by atoms with Crippen molar-refractivity contribution in [2.45, 2.75) is 32.7 Å². The van der Waals surface area contributed by atoms with E-state index in [0.717, 1.165) is 55.3 Å². The fourth-order valence-electron chi connectivity index (χ4n) is 4.33. The second kappa shape index (κ2) is 8.10. The van der Waals surface area contributed by atoms with E-state index in [4.69, 9.17) is 11.6 Å². The Balaban J connectivity index is 1.30. The molecule has 0 bridgehead atoms. The van der Waals surface area contributed by atoms with Gasteiger partial charge in [-0.05, 0) is 50.4 Å². The first-order valence-electron chi connectivity index (χ1n) is 10.0. The summed E-state index contributed by atoms with van der Waals surface area (Å²) in [5.74, 6) is 0.469. The number of benzene rings is 1. The zero-order chi connectivity index (χ0) is 19.7. The first-order chi connectivity index (χ1) is 13.5. The second-order valence-corrected chi connectivity index (χ2v) is 8.19. The smallest absolute Gasteiger partial charge is 0.197 e. The molecular formula is C22H28ClN3O2. The van der Waals surface area contributed by atoms with Gasteiger partial charge in [0.25, 0.3) is 0 Å². The van der Waals surface area contributed by atoms with Crippen LogP contribution in [0.2, 0.25) is 5.02 Å². The zero-order valence-corrected chi connectivity index (χ0v) is 17.1. The number of piperazine rings is 1. The quantitative estimate of drug-likeness (QED) is 0.749.